The molecule has 1 spiro atoms. The van der Waals surface area contributed by atoms with Crippen LogP contribution in [0.15, 0.2) is 36.5 Å². The number of benzene rings is 1. The summed E-state index contributed by atoms with van der Waals surface area (Å²) in [4.78, 5) is 16.6. The summed E-state index contributed by atoms with van der Waals surface area (Å²) < 4.78 is 21.9. The summed E-state index contributed by atoms with van der Waals surface area (Å²) in [6, 6.07) is 8.68. The van der Waals surface area contributed by atoms with Gasteiger partial charge >= 0.3 is 0 Å². The van der Waals surface area contributed by atoms with Gasteiger partial charge in [0.25, 0.3) is 5.91 Å². The van der Waals surface area contributed by atoms with Gasteiger partial charge in [0, 0.05) is 31.0 Å². The molecule has 0 bridgehead atoms. The van der Waals surface area contributed by atoms with Gasteiger partial charge < -0.3 is 9.64 Å². The molecule has 0 aliphatic carbocycles. The molecule has 0 N–H and O–H groups in total. The van der Waals surface area contributed by atoms with Crippen LogP contribution < -0.4 is 4.90 Å². The van der Waals surface area contributed by atoms with Crippen LogP contribution in [-0.4, -0.2) is 52.4 Å². The van der Waals surface area contributed by atoms with E-state index < -0.39 is 0 Å². The number of halogens is 1. The van der Waals surface area contributed by atoms with Crippen LogP contribution in [0.2, 0.25) is 0 Å². The molecule has 1 amide bonds. The van der Waals surface area contributed by atoms with Gasteiger partial charge in [0.05, 0.1) is 17.8 Å². The maximum absolute atomic E-state index is 13.7. The van der Waals surface area contributed by atoms with Gasteiger partial charge in [0.15, 0.2) is 0 Å². The molecule has 2 aliphatic heterocycles. The molecule has 6 nitrogen and oxygen atoms in total. The first-order valence-electron chi connectivity index (χ1n) is 10.4. The van der Waals surface area contributed by atoms with Gasteiger partial charge in [-0.3, -0.25) is 14.4 Å². The van der Waals surface area contributed by atoms with Gasteiger partial charge in [0.1, 0.15) is 12.4 Å². The number of hydrogen-bond acceptors (Lipinski definition) is 4. The molecule has 29 heavy (non-hydrogen) atoms. The minimum absolute atomic E-state index is 0.0522. The number of anilines is 1. The monoisotopic (exact) mass is 400 g/mol. The van der Waals surface area contributed by atoms with E-state index in [0.717, 1.165) is 38.9 Å². The quantitative estimate of drug-likeness (QED) is 0.789. The van der Waals surface area contributed by atoms with Crippen molar-refractivity contribution in [3.63, 3.8) is 0 Å². The maximum Gasteiger partial charge on any atom is 0.253 e. The van der Waals surface area contributed by atoms with Crippen LogP contribution in [0.1, 0.15) is 44.8 Å². The Morgan fingerprint density at radius 2 is 2.10 bits per heavy atom. The van der Waals surface area contributed by atoms with Crippen LogP contribution in [0.25, 0.3) is 0 Å². The van der Waals surface area contributed by atoms with Crippen molar-refractivity contribution in [2.45, 2.75) is 51.3 Å². The van der Waals surface area contributed by atoms with Crippen molar-refractivity contribution in [2.75, 3.05) is 31.1 Å². The predicted octanol–water partition coefficient (Wildman–Crippen LogP) is 3.39. The summed E-state index contributed by atoms with van der Waals surface area (Å²) in [6.45, 7) is 7.56. The Labute approximate surface area is 171 Å². The summed E-state index contributed by atoms with van der Waals surface area (Å²) in [5, 5.41) is 4.44. The molecule has 0 radical (unpaired) electrons. The van der Waals surface area contributed by atoms with E-state index in [9.17, 15) is 9.18 Å². The average molecular weight is 400 g/mol. The zero-order valence-electron chi connectivity index (χ0n) is 17.2. The summed E-state index contributed by atoms with van der Waals surface area (Å²) >= 11 is 0. The van der Waals surface area contributed by atoms with Gasteiger partial charge in [-0.25, -0.2) is 4.39 Å². The number of aromatic nitrogens is 2. The smallest absolute Gasteiger partial charge is 0.253 e. The van der Waals surface area contributed by atoms with Crippen molar-refractivity contribution in [1.29, 1.82) is 0 Å². The summed E-state index contributed by atoms with van der Waals surface area (Å²) in [7, 11) is 0. The number of likely N-dealkylation sites (tertiary alicyclic amines) is 1. The van der Waals surface area contributed by atoms with E-state index in [0.29, 0.717) is 18.3 Å². The standard InChI is InChI=1S/C22H29FN4O2/c1-17(2)27-20(7-10-24-27)14-25-11-4-8-22(9-12-25)16-26(21(28)15-29-22)19-6-3-5-18(23)13-19/h3,5-7,10,13,17H,4,8-9,11-12,14-16H2,1-2H3. The molecule has 7 heteroatoms. The Morgan fingerprint density at radius 3 is 2.90 bits per heavy atom. The molecular formula is C22H29FN4O2. The summed E-state index contributed by atoms with van der Waals surface area (Å²) in [6.07, 6.45) is 4.61. The SMILES string of the molecule is CC(C)n1nccc1CN1CCCC2(CC1)CN(c1cccc(F)c1)C(=O)CO2. The molecule has 2 fully saturated rings. The molecule has 4 rings (SSSR count). The highest BCUT2D eigenvalue weighted by Gasteiger charge is 2.41. The number of carbonyl (C=O) groups excluding carboxylic acids is 1. The third-order valence-corrected chi connectivity index (χ3v) is 5.99. The van der Waals surface area contributed by atoms with E-state index in [1.807, 2.05) is 6.20 Å². The van der Waals surface area contributed by atoms with Gasteiger partial charge in [-0.1, -0.05) is 6.07 Å². The Hall–Kier alpha value is -2.25. The number of amides is 1. The fourth-order valence-corrected chi connectivity index (χ4v) is 4.44. The van der Waals surface area contributed by atoms with Crippen molar-refractivity contribution >= 4 is 11.6 Å². The molecule has 1 atom stereocenters. The zero-order valence-corrected chi connectivity index (χ0v) is 17.2. The number of hydrogen-bond donors (Lipinski definition) is 0. The van der Waals surface area contributed by atoms with Crippen LogP contribution in [0.4, 0.5) is 10.1 Å². The van der Waals surface area contributed by atoms with E-state index in [4.69, 9.17) is 4.74 Å². The Balaban J connectivity index is 1.45. The zero-order chi connectivity index (χ0) is 20.4. The molecule has 1 unspecified atom stereocenters. The lowest BCUT2D eigenvalue weighted by Crippen LogP contribution is -2.55. The lowest BCUT2D eigenvalue weighted by molar-refractivity contribution is -0.140. The fraction of sp³-hybridized carbons (Fsp3) is 0.545. The van der Waals surface area contributed by atoms with Crippen LogP contribution in [0.5, 0.6) is 0 Å². The topological polar surface area (TPSA) is 50.6 Å². The van der Waals surface area contributed by atoms with Crippen molar-refractivity contribution < 1.29 is 13.9 Å². The average Bonchev–Trinajstić information content (AvgIpc) is 3.07. The van der Waals surface area contributed by atoms with E-state index in [1.54, 1.807) is 17.0 Å². The molecule has 1 aromatic carbocycles. The van der Waals surface area contributed by atoms with Crippen molar-refractivity contribution in [1.82, 2.24) is 14.7 Å². The molecule has 0 saturated carbocycles. The Morgan fingerprint density at radius 1 is 1.24 bits per heavy atom. The Bertz CT molecular complexity index is 868. The van der Waals surface area contributed by atoms with Crippen molar-refractivity contribution in [2.24, 2.45) is 0 Å². The van der Waals surface area contributed by atoms with E-state index in [2.05, 4.69) is 34.6 Å². The number of rotatable bonds is 4. The van der Waals surface area contributed by atoms with Crippen molar-refractivity contribution in [3.8, 4) is 0 Å². The van der Waals surface area contributed by atoms with Gasteiger partial charge in [-0.2, -0.15) is 5.10 Å². The van der Waals surface area contributed by atoms with E-state index in [-0.39, 0.29) is 23.9 Å². The highest BCUT2D eigenvalue weighted by atomic mass is 19.1. The third kappa shape index (κ3) is 4.36. The second-order valence-electron chi connectivity index (χ2n) is 8.42. The van der Waals surface area contributed by atoms with E-state index in [1.165, 1.54) is 17.8 Å². The highest BCUT2D eigenvalue weighted by molar-refractivity contribution is 5.95. The number of nitrogens with zero attached hydrogens (tertiary/aromatic N) is 4. The minimum atomic E-state index is -0.368. The molecule has 1 aromatic heterocycles. The van der Waals surface area contributed by atoms with Crippen LogP contribution in [-0.2, 0) is 16.1 Å². The van der Waals surface area contributed by atoms with Crippen LogP contribution in [0.3, 0.4) is 0 Å². The third-order valence-electron chi connectivity index (χ3n) is 5.99. The summed E-state index contributed by atoms with van der Waals surface area (Å²) in [5.74, 6) is -0.437. The number of ether oxygens (including phenoxy) is 1. The van der Waals surface area contributed by atoms with Gasteiger partial charge in [-0.15, -0.1) is 0 Å². The number of carbonyl (C=O) groups is 1. The highest BCUT2D eigenvalue weighted by Crippen LogP contribution is 2.33. The fourth-order valence-electron chi connectivity index (χ4n) is 4.44. The number of morpholine rings is 1. The predicted molar refractivity (Wildman–Crippen MR) is 109 cm³/mol. The second-order valence-corrected chi connectivity index (χ2v) is 8.42. The lowest BCUT2D eigenvalue weighted by atomic mass is 9.92. The van der Waals surface area contributed by atoms with Gasteiger partial charge in [0.2, 0.25) is 0 Å². The largest absolute Gasteiger partial charge is 0.363 e. The maximum atomic E-state index is 13.7. The molecule has 3 heterocycles. The van der Waals surface area contributed by atoms with Crippen LogP contribution in [0, 0.1) is 5.82 Å². The van der Waals surface area contributed by atoms with Gasteiger partial charge in [-0.05, 0) is 63.9 Å². The first-order chi connectivity index (χ1) is 14.0. The molecule has 2 aromatic rings. The molecular weight excluding hydrogens is 371 g/mol. The van der Waals surface area contributed by atoms with Crippen molar-refractivity contribution in [3.05, 3.63) is 48.0 Å². The molecule has 2 aliphatic rings. The molecule has 2 saturated heterocycles. The first kappa shape index (κ1) is 20.0. The normalized spacial score (nSPS) is 23.7. The van der Waals surface area contributed by atoms with E-state index >= 15 is 0 Å². The molecule has 156 valence electrons. The minimum Gasteiger partial charge on any atom is -0.363 e. The lowest BCUT2D eigenvalue weighted by Gasteiger charge is -2.42. The van der Waals surface area contributed by atoms with Crippen LogP contribution >= 0.6 is 0 Å². The second kappa shape index (κ2) is 8.24. The Kier molecular flexibility index (Phi) is 5.69. The first-order valence-corrected chi connectivity index (χ1v) is 10.4. The summed E-state index contributed by atoms with van der Waals surface area (Å²) in [5.41, 5.74) is 1.46.